The molecule has 1 aromatic heterocycles. The van der Waals surface area contributed by atoms with Crippen molar-refractivity contribution in [2.45, 2.75) is 44.1 Å². The van der Waals surface area contributed by atoms with Crippen LogP contribution in [0, 0.1) is 12.7 Å². The predicted molar refractivity (Wildman–Crippen MR) is 100 cm³/mol. The number of rotatable bonds is 4. The number of carbonyl (C=O) groups excluding carboxylic acids is 1. The summed E-state index contributed by atoms with van der Waals surface area (Å²) in [5.74, 6) is -1.12. The molecular weight excluding hydrogens is 383 g/mol. The number of benzene rings is 2. The van der Waals surface area contributed by atoms with Crippen LogP contribution in [0.25, 0.3) is 10.9 Å². The first-order valence-corrected chi connectivity index (χ1v) is 9.33. The summed E-state index contributed by atoms with van der Waals surface area (Å²) in [5, 5.41) is 13.7. The molecule has 2 atom stereocenters. The number of hydrogen-bond donors (Lipinski definition) is 2. The first-order chi connectivity index (χ1) is 13.9. The van der Waals surface area contributed by atoms with Gasteiger partial charge in [-0.3, -0.25) is 10.0 Å². The van der Waals surface area contributed by atoms with E-state index in [9.17, 15) is 23.2 Å². The van der Waals surface area contributed by atoms with Crippen LogP contribution in [-0.4, -0.2) is 20.9 Å². The number of hydroxylamine groups is 1. The number of carbonyl (C=O) groups is 1. The highest BCUT2D eigenvalue weighted by Crippen LogP contribution is 2.50. The molecular formula is C21H20F3N3O2. The van der Waals surface area contributed by atoms with E-state index in [0.29, 0.717) is 46.0 Å². The van der Waals surface area contributed by atoms with E-state index in [-0.39, 0.29) is 5.92 Å². The molecule has 1 unspecified atom stereocenters. The van der Waals surface area contributed by atoms with Gasteiger partial charge in [-0.25, -0.2) is 14.6 Å². The Morgan fingerprint density at radius 2 is 2.14 bits per heavy atom. The molecule has 3 aromatic rings. The van der Waals surface area contributed by atoms with E-state index in [1.807, 2.05) is 6.07 Å². The van der Waals surface area contributed by atoms with Gasteiger partial charge in [-0.05, 0) is 60.9 Å². The Morgan fingerprint density at radius 3 is 2.86 bits per heavy atom. The van der Waals surface area contributed by atoms with Crippen LogP contribution < -0.4 is 5.48 Å². The molecule has 0 radical (unpaired) electrons. The van der Waals surface area contributed by atoms with Gasteiger partial charge in [0.15, 0.2) is 0 Å². The predicted octanol–water partition coefficient (Wildman–Crippen LogP) is 4.59. The zero-order valence-corrected chi connectivity index (χ0v) is 15.7. The minimum atomic E-state index is -2.75. The lowest BCUT2D eigenvalue weighted by molar-refractivity contribution is -0.135. The Labute approximate surface area is 165 Å². The lowest BCUT2D eigenvalue weighted by Crippen LogP contribution is -2.42. The molecule has 0 aliphatic heterocycles. The summed E-state index contributed by atoms with van der Waals surface area (Å²) in [6.45, 7) is -1.14. The number of fused-ring (bicyclic) bond motifs is 1. The quantitative estimate of drug-likeness (QED) is 0.495. The van der Waals surface area contributed by atoms with Crippen LogP contribution >= 0.6 is 0 Å². The summed E-state index contributed by atoms with van der Waals surface area (Å²) in [4.78, 5) is 12.7. The second kappa shape index (κ2) is 7.18. The van der Waals surface area contributed by atoms with Gasteiger partial charge in [0, 0.05) is 5.39 Å². The largest absolute Gasteiger partial charge is 0.333 e. The van der Waals surface area contributed by atoms with E-state index in [1.54, 1.807) is 36.7 Å². The number of halogens is 3. The first kappa shape index (κ1) is 19.4. The van der Waals surface area contributed by atoms with Crippen molar-refractivity contribution in [3.05, 3.63) is 65.1 Å². The first-order valence-electron chi connectivity index (χ1n) is 9.33. The van der Waals surface area contributed by atoms with Crippen LogP contribution in [0.15, 0.2) is 42.6 Å². The lowest BCUT2D eigenvalue weighted by Gasteiger charge is -2.29. The van der Waals surface area contributed by atoms with E-state index < -0.39 is 23.7 Å². The van der Waals surface area contributed by atoms with Crippen molar-refractivity contribution in [1.29, 1.82) is 0 Å². The van der Waals surface area contributed by atoms with Crippen molar-refractivity contribution >= 4 is 16.8 Å². The number of aromatic nitrogens is 2. The number of nitrogens with zero attached hydrogens (tertiary/aromatic N) is 2. The molecule has 1 aliphatic rings. The Kier molecular flexibility index (Phi) is 4.82. The highest BCUT2D eigenvalue weighted by atomic mass is 19.3. The van der Waals surface area contributed by atoms with Crippen LogP contribution in [-0.2, 0) is 10.2 Å². The van der Waals surface area contributed by atoms with Gasteiger partial charge in [0.05, 0.1) is 17.1 Å². The fraction of sp³-hybridized carbons (Fsp3) is 0.333. The van der Waals surface area contributed by atoms with Gasteiger partial charge < -0.3 is 0 Å². The Morgan fingerprint density at radius 1 is 1.34 bits per heavy atom. The summed E-state index contributed by atoms with van der Waals surface area (Å²) in [7, 11) is 0. The zero-order chi connectivity index (χ0) is 20.8. The summed E-state index contributed by atoms with van der Waals surface area (Å²) in [6.07, 6.45) is 2.72. The molecule has 1 heterocycles. The number of amides is 1. The Bertz CT molecular complexity index is 1080. The van der Waals surface area contributed by atoms with Gasteiger partial charge in [-0.15, -0.1) is 0 Å². The van der Waals surface area contributed by atoms with Crippen LogP contribution in [0.1, 0.15) is 48.4 Å². The second-order valence-corrected chi connectivity index (χ2v) is 7.56. The van der Waals surface area contributed by atoms with Crippen LogP contribution in [0.2, 0.25) is 0 Å². The second-order valence-electron chi connectivity index (χ2n) is 7.56. The van der Waals surface area contributed by atoms with Crippen molar-refractivity contribution in [2.24, 2.45) is 0 Å². The van der Waals surface area contributed by atoms with E-state index >= 15 is 0 Å². The van der Waals surface area contributed by atoms with Crippen molar-refractivity contribution in [3.8, 4) is 0 Å². The van der Waals surface area contributed by atoms with Crippen LogP contribution in [0.3, 0.4) is 0 Å². The van der Waals surface area contributed by atoms with Crippen molar-refractivity contribution in [2.75, 3.05) is 0 Å². The van der Waals surface area contributed by atoms with Crippen molar-refractivity contribution in [1.82, 2.24) is 15.3 Å². The van der Waals surface area contributed by atoms with Crippen molar-refractivity contribution in [3.63, 3.8) is 0 Å². The molecule has 0 saturated heterocycles. The smallest absolute Gasteiger partial charge is 0.289 e. The summed E-state index contributed by atoms with van der Waals surface area (Å²) >= 11 is 0. The highest BCUT2D eigenvalue weighted by Gasteiger charge is 2.48. The third-order valence-corrected chi connectivity index (χ3v) is 6.11. The van der Waals surface area contributed by atoms with E-state index in [1.165, 1.54) is 12.3 Å². The normalized spacial score (nSPS) is 21.8. The Balaban J connectivity index is 1.75. The molecule has 2 aromatic carbocycles. The van der Waals surface area contributed by atoms with Crippen LogP contribution in [0.5, 0.6) is 0 Å². The van der Waals surface area contributed by atoms with Gasteiger partial charge in [0.25, 0.3) is 5.91 Å². The van der Waals surface area contributed by atoms with E-state index in [4.69, 9.17) is 0 Å². The van der Waals surface area contributed by atoms with Gasteiger partial charge in [-0.2, -0.15) is 13.9 Å². The maximum Gasteiger partial charge on any atom is 0.333 e. The topological polar surface area (TPSA) is 67.2 Å². The zero-order valence-electron chi connectivity index (χ0n) is 15.7. The lowest BCUT2D eigenvalue weighted by atomic mass is 9.75. The minimum absolute atomic E-state index is 0.111. The monoisotopic (exact) mass is 403 g/mol. The minimum Gasteiger partial charge on any atom is -0.289 e. The SMILES string of the molecule is Cc1c(F)cccc1[C@]1(C(=O)NO)CCC(c2ccc3cnn(C(F)F)c3c2)C1. The van der Waals surface area contributed by atoms with Crippen molar-refractivity contribution < 1.29 is 23.2 Å². The van der Waals surface area contributed by atoms with E-state index in [2.05, 4.69) is 5.10 Å². The molecule has 2 N–H and O–H groups in total. The standard InChI is InChI=1S/C21H20F3N3O2/c1-12-16(3-2-4-17(12)22)21(19(28)26-29)8-7-14(10-21)13-5-6-15-11-25-27(20(23)24)18(15)9-13/h2-6,9,11,14,20,29H,7-8,10H2,1H3,(H,26,28)/t14?,21-/m0/s1. The average Bonchev–Trinajstić information content (AvgIpc) is 3.34. The summed E-state index contributed by atoms with van der Waals surface area (Å²) in [5.41, 5.74) is 2.67. The number of alkyl halides is 2. The fourth-order valence-corrected chi connectivity index (χ4v) is 4.60. The Hall–Kier alpha value is -2.87. The molecule has 1 amide bonds. The molecule has 1 aliphatic carbocycles. The van der Waals surface area contributed by atoms with Gasteiger partial charge in [-0.1, -0.05) is 24.3 Å². The molecule has 8 heteroatoms. The van der Waals surface area contributed by atoms with Crippen LogP contribution in [0.4, 0.5) is 13.2 Å². The number of nitrogens with one attached hydrogen (secondary N) is 1. The van der Waals surface area contributed by atoms with Gasteiger partial charge >= 0.3 is 6.55 Å². The maximum atomic E-state index is 14.2. The summed E-state index contributed by atoms with van der Waals surface area (Å²) in [6, 6.07) is 9.82. The highest BCUT2D eigenvalue weighted by molar-refractivity contribution is 5.88. The third kappa shape index (κ3) is 3.07. The number of hydrogen-bond acceptors (Lipinski definition) is 3. The van der Waals surface area contributed by atoms with E-state index in [0.717, 1.165) is 5.56 Å². The van der Waals surface area contributed by atoms with Gasteiger partial charge in [0.2, 0.25) is 0 Å². The molecule has 1 saturated carbocycles. The molecule has 0 bridgehead atoms. The fourth-order valence-electron chi connectivity index (χ4n) is 4.60. The molecule has 1 fully saturated rings. The molecule has 5 nitrogen and oxygen atoms in total. The molecule has 152 valence electrons. The molecule has 0 spiro atoms. The maximum absolute atomic E-state index is 14.2. The third-order valence-electron chi connectivity index (χ3n) is 6.11. The molecule has 29 heavy (non-hydrogen) atoms. The summed E-state index contributed by atoms with van der Waals surface area (Å²) < 4.78 is 41.2. The average molecular weight is 403 g/mol. The molecule has 4 rings (SSSR count). The van der Waals surface area contributed by atoms with Gasteiger partial charge in [0.1, 0.15) is 5.82 Å².